The van der Waals surface area contributed by atoms with E-state index in [9.17, 15) is 30.4 Å². The summed E-state index contributed by atoms with van der Waals surface area (Å²) in [5.41, 5.74) is -0.410. The van der Waals surface area contributed by atoms with Gasteiger partial charge in [-0.1, -0.05) is 6.92 Å². The Morgan fingerprint density at radius 1 is 1.18 bits per heavy atom. The van der Waals surface area contributed by atoms with Crippen LogP contribution in [-0.2, 0) is 16.2 Å². The van der Waals surface area contributed by atoms with Crippen LogP contribution in [0.5, 0.6) is 0 Å². The molecule has 3 aromatic heterocycles. The first-order chi connectivity index (χ1) is 15.8. The third-order valence-electron chi connectivity index (χ3n) is 5.76. The van der Waals surface area contributed by atoms with Crippen LogP contribution in [0, 0.1) is 11.8 Å². The number of aromatic nitrogens is 4. The Morgan fingerprint density at radius 2 is 1.91 bits per heavy atom. The van der Waals surface area contributed by atoms with Gasteiger partial charge in [-0.05, 0) is 18.2 Å². The maximum Gasteiger partial charge on any atom is 0.417 e. The van der Waals surface area contributed by atoms with E-state index >= 15 is 0 Å². The molecule has 1 fully saturated rings. The molecule has 0 saturated carbocycles. The molecule has 0 amide bonds. The smallest absolute Gasteiger partial charge is 0.355 e. The van der Waals surface area contributed by atoms with E-state index in [1.165, 1.54) is 35.9 Å². The molecular formula is C20H21F5N6O2S. The Morgan fingerprint density at radius 3 is 2.59 bits per heavy atom. The number of imidazole rings is 1. The van der Waals surface area contributed by atoms with Gasteiger partial charge >= 0.3 is 6.18 Å². The first kappa shape index (κ1) is 24.3. The number of fused-ring (bicyclic) bond motifs is 1. The van der Waals surface area contributed by atoms with Crippen LogP contribution in [0.25, 0.3) is 17.2 Å². The molecule has 1 N–H and O–H groups in total. The van der Waals surface area contributed by atoms with E-state index in [2.05, 4.69) is 19.7 Å². The molecule has 0 aliphatic carbocycles. The van der Waals surface area contributed by atoms with Gasteiger partial charge in [-0.15, -0.1) is 0 Å². The topological polar surface area (TPSA) is 92.5 Å². The van der Waals surface area contributed by atoms with E-state index < -0.39 is 46.1 Å². The largest absolute Gasteiger partial charge is 0.417 e. The Kier molecular flexibility index (Phi) is 6.00. The van der Waals surface area contributed by atoms with Crippen LogP contribution in [-0.4, -0.2) is 59.6 Å². The Bertz CT molecular complexity index is 1310. The number of rotatable bonds is 5. The molecule has 2 unspecified atom stereocenters. The zero-order valence-electron chi connectivity index (χ0n) is 18.1. The number of nitrogens with one attached hydrogen (secondary N) is 1. The normalized spacial score (nSPS) is 21.2. The number of alkyl halides is 5. The molecule has 4 rings (SSSR count). The molecule has 0 radical (unpaired) electrons. The second-order valence-electron chi connectivity index (χ2n) is 8.32. The highest BCUT2D eigenvalue weighted by Gasteiger charge is 2.49. The number of hydrogen-bond donors (Lipinski definition) is 1. The van der Waals surface area contributed by atoms with Gasteiger partial charge in [-0.3, -0.25) is 4.40 Å². The molecule has 0 bridgehead atoms. The molecule has 3 aromatic rings. The van der Waals surface area contributed by atoms with E-state index in [0.717, 1.165) is 18.5 Å². The fraction of sp³-hybridized carbons (Fsp3) is 0.450. The summed E-state index contributed by atoms with van der Waals surface area (Å²) in [6, 6.07) is 3.65. The van der Waals surface area contributed by atoms with Crippen molar-refractivity contribution >= 4 is 21.5 Å². The maximum atomic E-state index is 14.7. The number of piperidine rings is 1. The summed E-state index contributed by atoms with van der Waals surface area (Å²) in [6.45, 7) is 0.689. The lowest BCUT2D eigenvalue weighted by Gasteiger charge is -2.43. The quantitative estimate of drug-likeness (QED) is 0.537. The lowest BCUT2D eigenvalue weighted by atomic mass is 9.86. The number of sulfonamides is 1. The third kappa shape index (κ3) is 4.82. The van der Waals surface area contributed by atoms with Crippen molar-refractivity contribution in [1.82, 2.24) is 24.1 Å². The van der Waals surface area contributed by atoms with E-state index in [1.807, 2.05) is 0 Å². The molecule has 34 heavy (non-hydrogen) atoms. The molecule has 8 nitrogen and oxygen atoms in total. The Balaban J connectivity index is 1.66. The van der Waals surface area contributed by atoms with Crippen molar-refractivity contribution in [2.24, 2.45) is 11.8 Å². The molecule has 14 heteroatoms. The van der Waals surface area contributed by atoms with E-state index in [0.29, 0.717) is 5.82 Å². The third-order valence-corrected chi connectivity index (χ3v) is 6.45. The van der Waals surface area contributed by atoms with Gasteiger partial charge in [0.1, 0.15) is 17.2 Å². The predicted octanol–water partition coefficient (Wildman–Crippen LogP) is 3.07. The molecular weight excluding hydrogens is 483 g/mol. The van der Waals surface area contributed by atoms with Gasteiger partial charge in [-0.25, -0.2) is 36.9 Å². The minimum atomic E-state index is -4.55. The van der Waals surface area contributed by atoms with Gasteiger partial charge in [0.05, 0.1) is 23.9 Å². The summed E-state index contributed by atoms with van der Waals surface area (Å²) in [5, 5.41) is 0. The van der Waals surface area contributed by atoms with Crippen molar-refractivity contribution < 1.29 is 30.4 Å². The van der Waals surface area contributed by atoms with Crippen LogP contribution in [0.4, 0.5) is 27.8 Å². The molecule has 4 heterocycles. The number of pyridine rings is 1. The molecule has 2 atom stereocenters. The van der Waals surface area contributed by atoms with Crippen molar-refractivity contribution in [3.63, 3.8) is 0 Å². The Hall–Kier alpha value is -2.87. The van der Waals surface area contributed by atoms with E-state index in [4.69, 9.17) is 0 Å². The molecule has 0 aromatic carbocycles. The summed E-state index contributed by atoms with van der Waals surface area (Å²) >= 11 is 0. The van der Waals surface area contributed by atoms with Gasteiger partial charge in [0.25, 0.3) is 5.92 Å². The first-order valence-electron chi connectivity index (χ1n) is 10.2. The minimum absolute atomic E-state index is 0.0514. The van der Waals surface area contributed by atoms with Crippen LogP contribution < -0.4 is 9.62 Å². The van der Waals surface area contributed by atoms with Gasteiger partial charge in [0.2, 0.25) is 10.0 Å². The molecule has 1 aliphatic rings. The zero-order chi connectivity index (χ0) is 24.9. The van der Waals surface area contributed by atoms with Gasteiger partial charge in [0.15, 0.2) is 5.82 Å². The second kappa shape index (κ2) is 8.41. The summed E-state index contributed by atoms with van der Waals surface area (Å²) in [4.78, 5) is 14.2. The van der Waals surface area contributed by atoms with Crippen LogP contribution >= 0.6 is 0 Å². The van der Waals surface area contributed by atoms with Crippen molar-refractivity contribution in [3.05, 3.63) is 42.4 Å². The van der Waals surface area contributed by atoms with Crippen molar-refractivity contribution in [3.8, 4) is 11.5 Å². The summed E-state index contributed by atoms with van der Waals surface area (Å²) in [7, 11) is -3.66. The first-order valence-corrected chi connectivity index (χ1v) is 12.1. The van der Waals surface area contributed by atoms with E-state index in [-0.39, 0.29) is 30.3 Å². The molecule has 0 spiro atoms. The van der Waals surface area contributed by atoms with Gasteiger partial charge in [0, 0.05) is 37.9 Å². The predicted molar refractivity (Wildman–Crippen MR) is 114 cm³/mol. The molecule has 1 aliphatic heterocycles. The standard InChI is InChI=1S/C20H21F5N6O2S/c1-12-9-30(10-14(19(12,21)22)7-28-34(2,32)33)17-5-6-26-18(29-17)15-8-27-16-4-3-13(11-31(15)16)20(23,24)25/h3-6,8,11-12,14,28H,7,9-10H2,1-2H3. The summed E-state index contributed by atoms with van der Waals surface area (Å²) < 4.78 is 95.2. The van der Waals surface area contributed by atoms with Crippen LogP contribution in [0.1, 0.15) is 12.5 Å². The number of halogens is 5. The SMILES string of the molecule is CC1CN(c2ccnc(-c3cnc4ccc(C(F)(F)F)cn34)n2)CC(CNS(C)(=O)=O)C1(F)F. The van der Waals surface area contributed by atoms with Crippen molar-refractivity contribution in [1.29, 1.82) is 0 Å². The minimum Gasteiger partial charge on any atom is -0.355 e. The summed E-state index contributed by atoms with van der Waals surface area (Å²) in [6.07, 6.45) is -0.0507. The lowest BCUT2D eigenvalue weighted by molar-refractivity contribution is -0.137. The number of hydrogen-bond acceptors (Lipinski definition) is 6. The van der Waals surface area contributed by atoms with E-state index in [1.54, 1.807) is 4.90 Å². The number of anilines is 1. The highest BCUT2D eigenvalue weighted by Crippen LogP contribution is 2.39. The van der Waals surface area contributed by atoms with Gasteiger partial charge < -0.3 is 4.90 Å². The molecule has 184 valence electrons. The highest BCUT2D eigenvalue weighted by molar-refractivity contribution is 7.88. The van der Waals surface area contributed by atoms with Crippen molar-refractivity contribution in [2.75, 3.05) is 30.8 Å². The monoisotopic (exact) mass is 504 g/mol. The van der Waals surface area contributed by atoms with Crippen LogP contribution in [0.2, 0.25) is 0 Å². The van der Waals surface area contributed by atoms with Crippen LogP contribution in [0.15, 0.2) is 36.8 Å². The highest BCUT2D eigenvalue weighted by atomic mass is 32.2. The second-order valence-corrected chi connectivity index (χ2v) is 10.2. The Labute approximate surface area is 191 Å². The molecule has 1 saturated heterocycles. The zero-order valence-corrected chi connectivity index (χ0v) is 18.9. The maximum absolute atomic E-state index is 14.7. The number of nitrogens with zero attached hydrogens (tertiary/aromatic N) is 5. The summed E-state index contributed by atoms with van der Waals surface area (Å²) in [5.74, 6) is -5.16. The van der Waals surface area contributed by atoms with Crippen LogP contribution in [0.3, 0.4) is 0 Å². The fourth-order valence-corrected chi connectivity index (χ4v) is 4.42. The lowest BCUT2D eigenvalue weighted by Crippen LogP contribution is -2.56. The average Bonchev–Trinajstić information content (AvgIpc) is 3.17. The fourth-order valence-electron chi connectivity index (χ4n) is 3.92. The van der Waals surface area contributed by atoms with Crippen molar-refractivity contribution in [2.45, 2.75) is 19.0 Å². The average molecular weight is 504 g/mol. The van der Waals surface area contributed by atoms with Gasteiger partial charge in [-0.2, -0.15) is 13.2 Å².